The number of fused-ring (bicyclic) bond motifs is 3. The Balaban J connectivity index is 1.21. The number of rotatable bonds is 6. The van der Waals surface area contributed by atoms with Crippen LogP contribution >= 0.6 is 0 Å². The monoisotopic (exact) mass is 610 g/mol. The topological polar surface area (TPSA) is 24.3 Å². The predicted molar refractivity (Wildman–Crippen MR) is 197 cm³/mol. The van der Waals surface area contributed by atoms with Crippen LogP contribution in [0.1, 0.15) is 27.7 Å². The van der Waals surface area contributed by atoms with E-state index in [0.717, 1.165) is 45.3 Å². The Morgan fingerprint density at radius 2 is 0.979 bits per heavy atom. The van der Waals surface area contributed by atoms with Gasteiger partial charge >= 0.3 is 0 Å². The van der Waals surface area contributed by atoms with Gasteiger partial charge in [0, 0.05) is 28.3 Å². The number of imidazole rings is 1. The van der Waals surface area contributed by atoms with Crippen molar-refractivity contribution in [3.05, 3.63) is 158 Å². The van der Waals surface area contributed by atoms with E-state index in [4.69, 9.17) is 4.98 Å². The highest BCUT2D eigenvalue weighted by atomic mass is 15.4. The molecule has 1 aromatic heterocycles. The van der Waals surface area contributed by atoms with Crippen molar-refractivity contribution in [2.75, 3.05) is 9.80 Å². The first-order valence-corrected chi connectivity index (χ1v) is 16.3. The maximum absolute atomic E-state index is 5.38. The highest BCUT2D eigenvalue weighted by Crippen LogP contribution is 2.52. The van der Waals surface area contributed by atoms with Gasteiger partial charge in [0.25, 0.3) is 0 Å². The van der Waals surface area contributed by atoms with Crippen molar-refractivity contribution in [3.8, 4) is 22.3 Å². The fraction of sp³-hybridized carbons (Fsp3) is 0.140. The summed E-state index contributed by atoms with van der Waals surface area (Å²) >= 11 is 0. The van der Waals surface area contributed by atoms with E-state index >= 15 is 0 Å². The molecule has 1 aliphatic rings. The molecule has 4 heteroatoms. The zero-order valence-electron chi connectivity index (χ0n) is 27.3. The van der Waals surface area contributed by atoms with E-state index in [2.05, 4.69) is 200 Å². The van der Waals surface area contributed by atoms with Crippen molar-refractivity contribution in [1.82, 2.24) is 9.55 Å². The second kappa shape index (κ2) is 11.0. The van der Waals surface area contributed by atoms with Gasteiger partial charge in [0.1, 0.15) is 0 Å². The number of hydrogen-bond acceptors (Lipinski definition) is 3. The Hall–Kier alpha value is -5.61. The van der Waals surface area contributed by atoms with E-state index in [1.54, 1.807) is 0 Å². The molecule has 0 saturated heterocycles. The summed E-state index contributed by atoms with van der Waals surface area (Å²) in [5, 5.41) is 0. The normalized spacial score (nSPS) is 14.7. The number of anilines is 5. The third kappa shape index (κ3) is 4.63. The fourth-order valence-electron chi connectivity index (χ4n) is 7.08. The van der Waals surface area contributed by atoms with Crippen LogP contribution in [0.5, 0.6) is 0 Å². The first-order chi connectivity index (χ1) is 22.8. The molecule has 4 nitrogen and oxygen atoms in total. The SMILES string of the molecule is CC1(C)N(c2ccc(N(c3ccccc3)c3ccc(-c4ccccc4)cc3)cc2)c2nc3c(-c4ccccc4)cccc3n2C1(C)C. The van der Waals surface area contributed by atoms with Crippen LogP contribution in [0.4, 0.5) is 28.7 Å². The molecule has 230 valence electrons. The van der Waals surface area contributed by atoms with Gasteiger partial charge < -0.3 is 14.4 Å². The second-order valence-corrected chi connectivity index (χ2v) is 13.3. The molecule has 0 spiro atoms. The lowest BCUT2D eigenvalue weighted by molar-refractivity contribution is 0.253. The molecule has 0 radical (unpaired) electrons. The highest BCUT2D eigenvalue weighted by molar-refractivity contribution is 5.95. The van der Waals surface area contributed by atoms with Crippen molar-refractivity contribution in [2.24, 2.45) is 0 Å². The second-order valence-electron chi connectivity index (χ2n) is 13.3. The Kier molecular flexibility index (Phi) is 6.76. The predicted octanol–water partition coefficient (Wildman–Crippen LogP) is 11.5. The van der Waals surface area contributed by atoms with Crippen molar-refractivity contribution in [1.29, 1.82) is 0 Å². The Morgan fingerprint density at radius 3 is 1.60 bits per heavy atom. The van der Waals surface area contributed by atoms with E-state index in [1.807, 2.05) is 0 Å². The molecule has 6 aromatic carbocycles. The minimum Gasteiger partial charge on any atom is -0.311 e. The molecule has 0 aliphatic carbocycles. The smallest absolute Gasteiger partial charge is 0.212 e. The first kappa shape index (κ1) is 28.8. The Bertz CT molecular complexity index is 2160. The molecule has 0 amide bonds. The lowest BCUT2D eigenvalue weighted by Crippen LogP contribution is -2.50. The summed E-state index contributed by atoms with van der Waals surface area (Å²) < 4.78 is 2.44. The molecule has 0 bridgehead atoms. The van der Waals surface area contributed by atoms with Gasteiger partial charge in [-0.25, -0.2) is 4.98 Å². The average Bonchev–Trinajstić information content (AvgIpc) is 3.56. The van der Waals surface area contributed by atoms with Crippen LogP contribution in [0.15, 0.2) is 158 Å². The van der Waals surface area contributed by atoms with E-state index in [0.29, 0.717) is 0 Å². The Labute approximate surface area is 277 Å². The molecule has 2 heterocycles. The van der Waals surface area contributed by atoms with Crippen LogP contribution in [-0.4, -0.2) is 15.1 Å². The van der Waals surface area contributed by atoms with Crippen LogP contribution in [0.3, 0.4) is 0 Å². The summed E-state index contributed by atoms with van der Waals surface area (Å²) in [4.78, 5) is 10.1. The third-order valence-electron chi connectivity index (χ3n) is 10.2. The summed E-state index contributed by atoms with van der Waals surface area (Å²) in [6.07, 6.45) is 0. The molecule has 0 saturated carbocycles. The summed E-state index contributed by atoms with van der Waals surface area (Å²) in [6, 6.07) is 56.0. The van der Waals surface area contributed by atoms with E-state index < -0.39 is 0 Å². The van der Waals surface area contributed by atoms with E-state index in [1.165, 1.54) is 16.7 Å². The van der Waals surface area contributed by atoms with Gasteiger partial charge in [-0.05, 0) is 99.0 Å². The lowest BCUT2D eigenvalue weighted by atomic mass is 9.82. The van der Waals surface area contributed by atoms with Gasteiger partial charge in [0.2, 0.25) is 5.95 Å². The van der Waals surface area contributed by atoms with Gasteiger partial charge in [-0.2, -0.15) is 0 Å². The minimum atomic E-state index is -0.236. The number of aromatic nitrogens is 2. The minimum absolute atomic E-state index is 0.221. The van der Waals surface area contributed by atoms with Crippen LogP contribution < -0.4 is 9.80 Å². The van der Waals surface area contributed by atoms with E-state index in [-0.39, 0.29) is 11.1 Å². The maximum atomic E-state index is 5.38. The van der Waals surface area contributed by atoms with Crippen molar-refractivity contribution < 1.29 is 0 Å². The molecule has 0 fully saturated rings. The zero-order valence-corrected chi connectivity index (χ0v) is 27.3. The standard InChI is InChI=1S/C43H38N4/c1-42(2)43(3,4)47-39-22-14-21-38(33-17-10-6-11-18-33)40(39)44-41(47)46(42)37-29-27-36(28-30-37)45(34-19-12-7-13-20-34)35-25-23-32(24-26-35)31-15-8-5-9-16-31/h5-30H,1-4H3. The zero-order chi connectivity index (χ0) is 32.2. The molecule has 0 N–H and O–H groups in total. The lowest BCUT2D eigenvalue weighted by Gasteiger charge is -2.41. The summed E-state index contributed by atoms with van der Waals surface area (Å²) in [6.45, 7) is 9.31. The van der Waals surface area contributed by atoms with E-state index in [9.17, 15) is 0 Å². The van der Waals surface area contributed by atoms with Crippen molar-refractivity contribution in [3.63, 3.8) is 0 Å². The summed E-state index contributed by atoms with van der Waals surface area (Å²) in [5.41, 5.74) is 10.9. The van der Waals surface area contributed by atoms with Gasteiger partial charge in [-0.1, -0.05) is 103 Å². The number of benzene rings is 6. The fourth-order valence-corrected chi connectivity index (χ4v) is 7.08. The average molecular weight is 611 g/mol. The molecule has 1 aliphatic heterocycles. The van der Waals surface area contributed by atoms with Gasteiger partial charge in [0.05, 0.1) is 22.1 Å². The van der Waals surface area contributed by atoms with Crippen molar-refractivity contribution in [2.45, 2.75) is 38.8 Å². The molecule has 0 atom stereocenters. The third-order valence-corrected chi connectivity index (χ3v) is 10.2. The van der Waals surface area contributed by atoms with Gasteiger partial charge in [-0.3, -0.25) is 0 Å². The molecule has 0 unspecified atom stereocenters. The maximum Gasteiger partial charge on any atom is 0.212 e. The summed E-state index contributed by atoms with van der Waals surface area (Å²) in [7, 11) is 0. The van der Waals surface area contributed by atoms with Gasteiger partial charge in [0.15, 0.2) is 0 Å². The summed E-state index contributed by atoms with van der Waals surface area (Å²) in [5.74, 6) is 0.975. The first-order valence-electron chi connectivity index (χ1n) is 16.3. The molecule has 8 rings (SSSR count). The van der Waals surface area contributed by atoms with Crippen molar-refractivity contribution >= 4 is 39.7 Å². The van der Waals surface area contributed by atoms with Gasteiger partial charge in [-0.15, -0.1) is 0 Å². The van der Waals surface area contributed by atoms with Crippen LogP contribution in [0.25, 0.3) is 33.3 Å². The van der Waals surface area contributed by atoms with Crippen LogP contribution in [-0.2, 0) is 5.54 Å². The number of para-hydroxylation sites is 2. The molecular weight excluding hydrogens is 573 g/mol. The number of hydrogen-bond donors (Lipinski definition) is 0. The molecule has 47 heavy (non-hydrogen) atoms. The highest BCUT2D eigenvalue weighted by Gasteiger charge is 2.53. The van der Waals surface area contributed by atoms with Crippen LogP contribution in [0.2, 0.25) is 0 Å². The quantitative estimate of drug-likeness (QED) is 0.187. The number of nitrogens with zero attached hydrogens (tertiary/aromatic N) is 4. The largest absolute Gasteiger partial charge is 0.311 e. The van der Waals surface area contributed by atoms with Crippen LogP contribution in [0, 0.1) is 0 Å². The molecular formula is C43H38N4. The Morgan fingerprint density at radius 1 is 0.468 bits per heavy atom. The molecule has 7 aromatic rings.